The quantitative estimate of drug-likeness (QED) is 0.365. The Bertz CT molecular complexity index is 869. The highest BCUT2D eigenvalue weighted by molar-refractivity contribution is 7.94. The zero-order chi connectivity index (χ0) is 16.9. The van der Waals surface area contributed by atoms with Crippen LogP contribution in [0.2, 0.25) is 0 Å². The molecule has 0 aliphatic heterocycles. The van der Waals surface area contributed by atoms with E-state index in [4.69, 9.17) is 5.26 Å². The van der Waals surface area contributed by atoms with Crippen LogP contribution in [0, 0.1) is 0 Å². The maximum atomic E-state index is 12.2. The van der Waals surface area contributed by atoms with Crippen molar-refractivity contribution in [3.05, 3.63) is 66.2 Å². The molecule has 0 heterocycles. The number of hydrogen-bond donors (Lipinski definition) is 3. The highest BCUT2D eigenvalue weighted by Gasteiger charge is 2.09. The van der Waals surface area contributed by atoms with Gasteiger partial charge in [0.05, 0.1) is 12.0 Å². The summed E-state index contributed by atoms with van der Waals surface area (Å²) >= 11 is 0.746. The Morgan fingerprint density at radius 3 is 2.58 bits per heavy atom. The number of carbonyl (C=O) groups is 1. The molecule has 0 saturated carbocycles. The number of nitrogens with one attached hydrogen (secondary N) is 1. The number of aromatic hydroxyl groups is 1. The molecule has 0 unspecified atom stereocenters. The predicted molar refractivity (Wildman–Crippen MR) is 90.7 cm³/mol. The maximum absolute atomic E-state index is 12.2. The van der Waals surface area contributed by atoms with Gasteiger partial charge in [0.1, 0.15) is 5.75 Å². The van der Waals surface area contributed by atoms with Gasteiger partial charge in [-0.25, -0.2) is 5.26 Å². The van der Waals surface area contributed by atoms with Crippen LogP contribution in [0.15, 0.2) is 65.6 Å². The van der Waals surface area contributed by atoms with Crippen LogP contribution in [0.3, 0.4) is 0 Å². The van der Waals surface area contributed by atoms with Crippen LogP contribution in [-0.4, -0.2) is 16.3 Å². The largest absolute Gasteiger partial charge is 0.507 e. The van der Waals surface area contributed by atoms with E-state index in [1.54, 1.807) is 48.5 Å². The molecule has 0 radical (unpaired) electrons. The molecule has 0 aliphatic rings. The van der Waals surface area contributed by atoms with Crippen molar-refractivity contribution < 1.29 is 24.5 Å². The van der Waals surface area contributed by atoms with Gasteiger partial charge in [-0.3, -0.25) is 4.79 Å². The van der Waals surface area contributed by atoms with Gasteiger partial charge in [-0.1, -0.05) is 23.2 Å². The number of rotatable bonds is 5. The number of amides is 1. The summed E-state index contributed by atoms with van der Waals surface area (Å²) in [5.41, 5.74) is 1.15. The molecule has 0 aliphatic carbocycles. The number of hydrogen-bond acceptors (Lipinski definition) is 6. The Labute approximate surface area is 141 Å². The van der Waals surface area contributed by atoms with Crippen LogP contribution >= 0.6 is 12.0 Å². The first kappa shape index (κ1) is 16.3. The number of fused-ring (bicyclic) bond motifs is 1. The van der Waals surface area contributed by atoms with Crippen LogP contribution < -0.4 is 5.32 Å². The smallest absolute Gasteiger partial charge is 0.255 e. The van der Waals surface area contributed by atoms with Gasteiger partial charge >= 0.3 is 0 Å². The summed E-state index contributed by atoms with van der Waals surface area (Å²) in [6.45, 7) is 0. The first-order valence-corrected chi connectivity index (χ1v) is 7.69. The third-order valence-corrected chi connectivity index (χ3v) is 3.92. The Balaban J connectivity index is 1.88. The molecular weight excluding hydrogens is 330 g/mol. The first-order valence-electron chi connectivity index (χ1n) is 6.95. The zero-order valence-corrected chi connectivity index (χ0v) is 13.1. The summed E-state index contributed by atoms with van der Waals surface area (Å²) < 4.78 is 4.37. The molecule has 122 valence electrons. The van der Waals surface area contributed by atoms with Crippen LogP contribution in [0.5, 0.6) is 5.75 Å². The minimum atomic E-state index is -0.221. The molecule has 3 rings (SSSR count). The number of benzene rings is 3. The topological polar surface area (TPSA) is 88.0 Å². The zero-order valence-electron chi connectivity index (χ0n) is 12.3. The summed E-state index contributed by atoms with van der Waals surface area (Å²) in [5, 5.41) is 25.9. The predicted octanol–water partition coefficient (Wildman–Crippen LogP) is 4.23. The van der Waals surface area contributed by atoms with Gasteiger partial charge in [0.25, 0.3) is 5.91 Å². The minimum absolute atomic E-state index is 0.0532. The van der Waals surface area contributed by atoms with Crippen molar-refractivity contribution >= 4 is 34.4 Å². The number of carbonyl (C=O) groups excluding carboxylic acids is 1. The van der Waals surface area contributed by atoms with Crippen molar-refractivity contribution in [1.82, 2.24) is 0 Å². The van der Waals surface area contributed by atoms with E-state index in [1.165, 1.54) is 6.07 Å². The molecule has 3 N–H and O–H groups in total. The van der Waals surface area contributed by atoms with Crippen LogP contribution in [-0.2, 0) is 9.37 Å². The Morgan fingerprint density at radius 1 is 1.04 bits per heavy atom. The second kappa shape index (κ2) is 7.33. The number of phenols is 1. The molecule has 3 aromatic carbocycles. The molecule has 0 saturated heterocycles. The molecule has 7 heteroatoms. The lowest BCUT2D eigenvalue weighted by atomic mass is 10.1. The van der Waals surface area contributed by atoms with Crippen molar-refractivity contribution in [1.29, 1.82) is 0 Å². The van der Waals surface area contributed by atoms with E-state index in [2.05, 4.69) is 14.7 Å². The number of phenolic OH excluding ortho intramolecular Hbond substituents is 1. The molecule has 0 aromatic heterocycles. The molecule has 0 atom stereocenters. The summed E-state index contributed by atoms with van der Waals surface area (Å²) in [7, 11) is 0. The fourth-order valence-electron chi connectivity index (χ4n) is 2.30. The Hall–Kier alpha value is -2.58. The van der Waals surface area contributed by atoms with Crippen molar-refractivity contribution in [3.63, 3.8) is 0 Å². The number of anilines is 1. The maximum Gasteiger partial charge on any atom is 0.255 e. The van der Waals surface area contributed by atoms with E-state index >= 15 is 0 Å². The molecule has 0 bridgehead atoms. The molecule has 0 spiro atoms. The van der Waals surface area contributed by atoms with E-state index in [9.17, 15) is 9.90 Å². The third kappa shape index (κ3) is 3.66. The monoisotopic (exact) mass is 343 g/mol. The summed E-state index contributed by atoms with van der Waals surface area (Å²) in [5.74, 6) is -0.167. The van der Waals surface area contributed by atoms with Crippen molar-refractivity contribution in [3.8, 4) is 5.75 Å². The van der Waals surface area contributed by atoms with Crippen molar-refractivity contribution in [2.45, 2.75) is 4.90 Å². The van der Waals surface area contributed by atoms with Crippen LogP contribution in [0.25, 0.3) is 10.8 Å². The van der Waals surface area contributed by atoms with E-state index in [-0.39, 0.29) is 11.7 Å². The highest BCUT2D eigenvalue weighted by Crippen LogP contribution is 2.33. The summed E-state index contributed by atoms with van der Waals surface area (Å²) in [6, 6.07) is 17.2. The van der Waals surface area contributed by atoms with Gasteiger partial charge in [0, 0.05) is 21.5 Å². The Morgan fingerprint density at radius 2 is 1.83 bits per heavy atom. The molecule has 1 amide bonds. The average Bonchev–Trinajstić information content (AvgIpc) is 2.60. The second-order valence-electron chi connectivity index (χ2n) is 4.92. The fourth-order valence-corrected chi connectivity index (χ4v) is 2.74. The molecule has 0 fully saturated rings. The standard InChI is InChI=1S/C17H13NO5S/c19-16-10-14(24-23-22-21)9-12-8-13(6-7-15(12)16)18-17(20)11-4-2-1-3-5-11/h1-10,19,21H,(H,18,20). The van der Waals surface area contributed by atoms with E-state index in [1.807, 2.05) is 6.07 Å². The molecule has 3 aromatic rings. The average molecular weight is 343 g/mol. The highest BCUT2D eigenvalue weighted by atomic mass is 32.2. The normalized spacial score (nSPS) is 10.7. The summed E-state index contributed by atoms with van der Waals surface area (Å²) in [4.78, 5) is 12.7. The van der Waals surface area contributed by atoms with Gasteiger partial charge in [0.15, 0.2) is 0 Å². The lowest BCUT2D eigenvalue weighted by Crippen LogP contribution is -2.11. The van der Waals surface area contributed by atoms with Gasteiger partial charge in [0.2, 0.25) is 0 Å². The lowest BCUT2D eigenvalue weighted by molar-refractivity contribution is -0.432. The second-order valence-corrected chi connectivity index (χ2v) is 5.70. The molecule has 24 heavy (non-hydrogen) atoms. The van der Waals surface area contributed by atoms with Crippen molar-refractivity contribution in [2.24, 2.45) is 0 Å². The van der Waals surface area contributed by atoms with Gasteiger partial charge in [-0.05, 0) is 47.9 Å². The third-order valence-electron chi connectivity index (χ3n) is 3.36. The summed E-state index contributed by atoms with van der Waals surface area (Å²) in [6.07, 6.45) is 0. The van der Waals surface area contributed by atoms with Gasteiger partial charge in [-0.15, -0.1) is 4.33 Å². The Kier molecular flexibility index (Phi) is 4.97. The van der Waals surface area contributed by atoms with E-state index < -0.39 is 0 Å². The SMILES string of the molecule is O=C(Nc1ccc2c(O)cc(SOOO)cc2c1)c1ccccc1. The van der Waals surface area contributed by atoms with Gasteiger partial charge in [-0.2, -0.15) is 0 Å². The van der Waals surface area contributed by atoms with Crippen LogP contribution in [0.1, 0.15) is 10.4 Å². The molecular formula is C17H13NO5S. The van der Waals surface area contributed by atoms with Crippen LogP contribution in [0.4, 0.5) is 5.69 Å². The fraction of sp³-hybridized carbons (Fsp3) is 0. The van der Waals surface area contributed by atoms with E-state index in [0.717, 1.165) is 12.0 Å². The first-order chi connectivity index (χ1) is 11.7. The van der Waals surface area contributed by atoms with Gasteiger partial charge < -0.3 is 10.4 Å². The van der Waals surface area contributed by atoms with E-state index in [0.29, 0.717) is 26.9 Å². The lowest BCUT2D eigenvalue weighted by Gasteiger charge is -2.09. The molecule has 6 nitrogen and oxygen atoms in total. The minimum Gasteiger partial charge on any atom is -0.507 e. The van der Waals surface area contributed by atoms with Crippen molar-refractivity contribution in [2.75, 3.05) is 5.32 Å².